The van der Waals surface area contributed by atoms with E-state index in [-0.39, 0.29) is 5.91 Å². The van der Waals surface area contributed by atoms with Gasteiger partial charge in [0, 0.05) is 42.9 Å². The molecule has 1 fully saturated rings. The van der Waals surface area contributed by atoms with E-state index in [0.717, 1.165) is 33.8 Å². The maximum absolute atomic E-state index is 12.9. The van der Waals surface area contributed by atoms with Gasteiger partial charge in [-0.05, 0) is 46.6 Å². The molecule has 0 spiro atoms. The number of carbonyl (C=O) groups is 1. The molecule has 162 valence electrons. The molecule has 6 bridgehead atoms. The van der Waals surface area contributed by atoms with Crippen LogP contribution in [0.25, 0.3) is 0 Å². The minimum atomic E-state index is 0.0724. The maximum Gasteiger partial charge on any atom is 0.237 e. The third-order valence-electron chi connectivity index (χ3n) is 5.88. The van der Waals surface area contributed by atoms with Crippen LogP contribution in [0.3, 0.4) is 0 Å². The first kappa shape index (κ1) is 20.7. The molecular formula is C23H21BrN6O2. The summed E-state index contributed by atoms with van der Waals surface area (Å²) >= 11 is 3.54. The molecule has 3 aliphatic rings. The molecule has 1 unspecified atom stereocenters. The number of rotatable bonds is 0. The van der Waals surface area contributed by atoms with Crippen LogP contribution in [-0.4, -0.2) is 49.9 Å². The molecule has 0 aliphatic carbocycles. The number of piperazine rings is 1. The summed E-state index contributed by atoms with van der Waals surface area (Å²) in [7, 11) is 0. The molecule has 0 saturated carbocycles. The Hall–Kier alpha value is -3.22. The molecule has 8 nitrogen and oxygen atoms in total. The van der Waals surface area contributed by atoms with E-state index in [9.17, 15) is 10.1 Å². The highest BCUT2D eigenvalue weighted by Crippen LogP contribution is 2.29. The number of amides is 1. The average molecular weight is 493 g/mol. The van der Waals surface area contributed by atoms with Crippen molar-refractivity contribution in [3.8, 4) is 17.7 Å². The number of aryl methyl sites for hydroxylation is 1. The van der Waals surface area contributed by atoms with Crippen LogP contribution in [0.2, 0.25) is 0 Å². The Morgan fingerprint density at radius 2 is 2.00 bits per heavy atom. The highest BCUT2D eigenvalue weighted by Gasteiger charge is 2.26. The second-order valence-electron chi connectivity index (χ2n) is 8.03. The van der Waals surface area contributed by atoms with Crippen molar-refractivity contribution in [2.75, 3.05) is 19.6 Å². The van der Waals surface area contributed by atoms with E-state index < -0.39 is 0 Å². The van der Waals surface area contributed by atoms with Crippen molar-refractivity contribution >= 4 is 21.8 Å². The Balaban J connectivity index is 1.61. The number of hydrogen-bond acceptors (Lipinski definition) is 6. The van der Waals surface area contributed by atoms with Crippen molar-refractivity contribution in [2.24, 2.45) is 0 Å². The molecule has 3 aliphatic heterocycles. The van der Waals surface area contributed by atoms with Gasteiger partial charge in [0.15, 0.2) is 0 Å². The van der Waals surface area contributed by atoms with Crippen LogP contribution in [0, 0.1) is 18.3 Å². The van der Waals surface area contributed by atoms with Gasteiger partial charge in [-0.15, -0.1) is 0 Å². The van der Waals surface area contributed by atoms with Crippen molar-refractivity contribution in [1.29, 1.82) is 5.26 Å². The zero-order valence-electron chi connectivity index (χ0n) is 17.6. The molecule has 9 heteroatoms. The van der Waals surface area contributed by atoms with Crippen LogP contribution in [-0.2, 0) is 24.4 Å². The van der Waals surface area contributed by atoms with E-state index >= 15 is 0 Å². The van der Waals surface area contributed by atoms with Gasteiger partial charge in [0.05, 0.1) is 30.0 Å². The number of nitriles is 1. The lowest BCUT2D eigenvalue weighted by atomic mass is 10.1. The highest BCUT2D eigenvalue weighted by atomic mass is 79.9. The van der Waals surface area contributed by atoms with Crippen LogP contribution in [0.15, 0.2) is 41.0 Å². The molecule has 0 N–H and O–H groups in total. The second kappa shape index (κ2) is 8.37. The lowest BCUT2D eigenvalue weighted by molar-refractivity contribution is -0.137. The van der Waals surface area contributed by atoms with Crippen molar-refractivity contribution in [3.63, 3.8) is 0 Å². The molecule has 2 aromatic heterocycles. The van der Waals surface area contributed by atoms with Gasteiger partial charge in [0.25, 0.3) is 0 Å². The van der Waals surface area contributed by atoms with Crippen molar-refractivity contribution in [1.82, 2.24) is 24.3 Å². The molecule has 0 radical (unpaired) electrons. The minimum Gasteiger partial charge on any atom is -0.438 e. The number of imidazole rings is 1. The number of nitrogens with zero attached hydrogens (tertiary/aromatic N) is 6. The van der Waals surface area contributed by atoms with E-state index in [4.69, 9.17) is 4.74 Å². The number of carbonyl (C=O) groups excluding carboxylic acids is 1. The standard InChI is InChI=1S/C23H21BrN6O2/c1-15-26-10-18-12-28-6-7-29(23(31)14-28)13-20-19(24)4-5-22(27-20)32-21-8-16(11-30(15)18)2-3-17(21)9-25/h2-5,8,10H,6-7,11-14H2,1H3. The molecule has 1 aromatic carbocycles. The molecule has 1 saturated heterocycles. The van der Waals surface area contributed by atoms with Crippen LogP contribution in [0.1, 0.15) is 28.3 Å². The van der Waals surface area contributed by atoms with Gasteiger partial charge in [0.2, 0.25) is 11.8 Å². The lowest BCUT2D eigenvalue weighted by Gasteiger charge is -2.34. The highest BCUT2D eigenvalue weighted by molar-refractivity contribution is 9.10. The molecular weight excluding hydrogens is 472 g/mol. The van der Waals surface area contributed by atoms with Gasteiger partial charge in [0.1, 0.15) is 17.6 Å². The summed E-state index contributed by atoms with van der Waals surface area (Å²) in [5.41, 5.74) is 3.21. The maximum atomic E-state index is 12.9. The molecule has 1 atom stereocenters. The Morgan fingerprint density at radius 3 is 2.81 bits per heavy atom. The summed E-state index contributed by atoms with van der Waals surface area (Å²) in [6.45, 7) is 5.38. The zero-order chi connectivity index (χ0) is 22.2. The van der Waals surface area contributed by atoms with Crippen LogP contribution in [0.5, 0.6) is 11.6 Å². The summed E-state index contributed by atoms with van der Waals surface area (Å²) in [6.07, 6.45) is 1.88. The fourth-order valence-electron chi connectivity index (χ4n) is 4.10. The van der Waals surface area contributed by atoms with Crippen LogP contribution in [0.4, 0.5) is 0 Å². The summed E-state index contributed by atoms with van der Waals surface area (Å²) in [5, 5.41) is 9.57. The van der Waals surface area contributed by atoms with Gasteiger partial charge in [-0.1, -0.05) is 6.07 Å². The number of hydrogen-bond donors (Lipinski definition) is 0. The molecule has 32 heavy (non-hydrogen) atoms. The summed E-state index contributed by atoms with van der Waals surface area (Å²) in [5.74, 6) is 1.81. The first-order chi connectivity index (χ1) is 15.5. The number of ether oxygens (including phenoxy) is 1. The fourth-order valence-corrected chi connectivity index (χ4v) is 4.44. The lowest BCUT2D eigenvalue weighted by Crippen LogP contribution is -2.49. The SMILES string of the molecule is Cc1ncc2n1Cc1ccc(C#N)c(c1)Oc1ccc(Br)c(n1)CN1CCN(CC1=O)C2. The number of halogens is 1. The summed E-state index contributed by atoms with van der Waals surface area (Å²) in [4.78, 5) is 26.0. The number of pyridine rings is 1. The van der Waals surface area contributed by atoms with Crippen LogP contribution < -0.4 is 4.74 Å². The molecule has 3 aromatic rings. The third-order valence-corrected chi connectivity index (χ3v) is 6.60. The predicted octanol–water partition coefficient (Wildman–Crippen LogP) is 3.22. The van der Waals surface area contributed by atoms with Gasteiger partial charge < -0.3 is 14.2 Å². The van der Waals surface area contributed by atoms with E-state index in [1.807, 2.05) is 36.2 Å². The van der Waals surface area contributed by atoms with Crippen LogP contribution >= 0.6 is 15.9 Å². The average Bonchev–Trinajstić information content (AvgIpc) is 3.11. The van der Waals surface area contributed by atoms with E-state index in [1.54, 1.807) is 12.1 Å². The molecule has 6 rings (SSSR count). The van der Waals surface area contributed by atoms with Gasteiger partial charge in [-0.2, -0.15) is 5.26 Å². The second-order valence-corrected chi connectivity index (χ2v) is 8.89. The van der Waals surface area contributed by atoms with Gasteiger partial charge in [-0.25, -0.2) is 9.97 Å². The van der Waals surface area contributed by atoms with E-state index in [2.05, 4.69) is 41.4 Å². The Kier molecular flexibility index (Phi) is 5.41. The molecule has 5 heterocycles. The fraction of sp³-hybridized carbons (Fsp3) is 0.304. The summed E-state index contributed by atoms with van der Waals surface area (Å²) in [6, 6.07) is 11.4. The quantitative estimate of drug-likeness (QED) is 0.478. The first-order valence-corrected chi connectivity index (χ1v) is 11.2. The predicted molar refractivity (Wildman–Crippen MR) is 120 cm³/mol. The van der Waals surface area contributed by atoms with Crippen molar-refractivity contribution < 1.29 is 9.53 Å². The monoisotopic (exact) mass is 492 g/mol. The zero-order valence-corrected chi connectivity index (χ0v) is 19.2. The Bertz CT molecular complexity index is 1250. The third kappa shape index (κ3) is 3.99. The normalized spacial score (nSPS) is 18.1. The van der Waals surface area contributed by atoms with Gasteiger partial charge in [-0.3, -0.25) is 9.69 Å². The number of aromatic nitrogens is 3. The first-order valence-electron chi connectivity index (χ1n) is 10.4. The number of fused-ring (bicyclic) bond motifs is 2. The van der Waals surface area contributed by atoms with E-state index in [1.165, 1.54) is 0 Å². The summed E-state index contributed by atoms with van der Waals surface area (Å²) < 4.78 is 9.01. The van der Waals surface area contributed by atoms with E-state index in [0.29, 0.717) is 49.9 Å². The smallest absolute Gasteiger partial charge is 0.237 e. The van der Waals surface area contributed by atoms with Gasteiger partial charge >= 0.3 is 0 Å². The Morgan fingerprint density at radius 1 is 1.12 bits per heavy atom. The van der Waals surface area contributed by atoms with Crippen molar-refractivity contribution in [3.05, 3.63) is 69.3 Å². The molecule has 1 amide bonds. The minimum absolute atomic E-state index is 0.0724. The largest absolute Gasteiger partial charge is 0.438 e. The topological polar surface area (TPSA) is 87.3 Å². The number of benzene rings is 1. The Labute approximate surface area is 194 Å². The van der Waals surface area contributed by atoms with Crippen molar-refractivity contribution in [2.45, 2.75) is 26.6 Å².